The van der Waals surface area contributed by atoms with E-state index in [0.717, 1.165) is 0 Å². The predicted molar refractivity (Wildman–Crippen MR) is 67.9 cm³/mol. The van der Waals surface area contributed by atoms with Gasteiger partial charge < -0.3 is 4.74 Å². The maximum absolute atomic E-state index is 11.8. The van der Waals surface area contributed by atoms with Crippen LogP contribution in [0.25, 0.3) is 0 Å². The molecule has 0 atom stereocenters. The van der Waals surface area contributed by atoms with Crippen molar-refractivity contribution in [3.63, 3.8) is 0 Å². The second-order valence-electron chi connectivity index (χ2n) is 3.36. The van der Waals surface area contributed by atoms with Gasteiger partial charge in [0.15, 0.2) is 0 Å². The molecule has 17 heavy (non-hydrogen) atoms. The molecule has 2 nitrogen and oxygen atoms in total. The molecule has 0 fully saturated rings. The standard InChI is InChI=1S/C13H8Cl2O2/c14-10-4-1-3-9(7-10)13(16)17-12-6-2-5-11(15)8-12/h1-8H. The first-order valence-electron chi connectivity index (χ1n) is 4.88. The molecule has 0 spiro atoms. The normalized spacial score (nSPS) is 10.0. The van der Waals surface area contributed by atoms with Gasteiger partial charge in [-0.3, -0.25) is 0 Å². The maximum Gasteiger partial charge on any atom is 0.343 e. The average Bonchev–Trinajstić information content (AvgIpc) is 2.29. The Morgan fingerprint density at radius 2 is 1.59 bits per heavy atom. The van der Waals surface area contributed by atoms with Crippen LogP contribution in [0.1, 0.15) is 10.4 Å². The second kappa shape index (κ2) is 5.21. The molecule has 0 radical (unpaired) electrons. The van der Waals surface area contributed by atoms with E-state index in [9.17, 15) is 4.79 Å². The molecule has 2 aromatic carbocycles. The molecule has 0 N–H and O–H groups in total. The smallest absolute Gasteiger partial charge is 0.343 e. The Labute approximate surface area is 109 Å². The highest BCUT2D eigenvalue weighted by atomic mass is 35.5. The number of hydrogen-bond acceptors (Lipinski definition) is 2. The molecular formula is C13H8Cl2O2. The summed E-state index contributed by atoms with van der Waals surface area (Å²) in [6.45, 7) is 0. The van der Waals surface area contributed by atoms with Gasteiger partial charge in [0.05, 0.1) is 5.56 Å². The van der Waals surface area contributed by atoms with Gasteiger partial charge in [0, 0.05) is 10.0 Å². The first kappa shape index (κ1) is 12.0. The minimum absolute atomic E-state index is 0.400. The molecule has 2 aromatic rings. The van der Waals surface area contributed by atoms with Gasteiger partial charge >= 0.3 is 5.97 Å². The lowest BCUT2D eigenvalue weighted by Gasteiger charge is -2.04. The van der Waals surface area contributed by atoms with E-state index in [0.29, 0.717) is 21.4 Å². The number of rotatable bonds is 2. The third-order valence-corrected chi connectivity index (χ3v) is 2.54. The van der Waals surface area contributed by atoms with Crippen LogP contribution in [0.5, 0.6) is 5.75 Å². The highest BCUT2D eigenvalue weighted by molar-refractivity contribution is 6.31. The lowest BCUT2D eigenvalue weighted by atomic mass is 10.2. The molecular weight excluding hydrogens is 259 g/mol. The molecule has 0 heterocycles. The Kier molecular flexibility index (Phi) is 3.67. The molecule has 4 heteroatoms. The molecule has 2 rings (SSSR count). The van der Waals surface area contributed by atoms with E-state index in [1.807, 2.05) is 0 Å². The van der Waals surface area contributed by atoms with Crippen molar-refractivity contribution in [1.29, 1.82) is 0 Å². The van der Waals surface area contributed by atoms with Crippen LogP contribution in [0.2, 0.25) is 10.0 Å². The summed E-state index contributed by atoms with van der Waals surface area (Å²) in [5.74, 6) is -0.0581. The fourth-order valence-corrected chi connectivity index (χ4v) is 1.68. The van der Waals surface area contributed by atoms with E-state index >= 15 is 0 Å². The Balaban J connectivity index is 2.17. The summed E-state index contributed by atoms with van der Waals surface area (Å²) in [4.78, 5) is 11.8. The molecule has 0 aliphatic carbocycles. The van der Waals surface area contributed by atoms with Crippen LogP contribution in [0.3, 0.4) is 0 Å². The fourth-order valence-electron chi connectivity index (χ4n) is 1.31. The number of benzene rings is 2. The van der Waals surface area contributed by atoms with Crippen LogP contribution >= 0.6 is 23.2 Å². The van der Waals surface area contributed by atoms with Crippen molar-refractivity contribution >= 4 is 29.2 Å². The molecule has 0 unspecified atom stereocenters. The molecule has 0 bridgehead atoms. The molecule has 0 saturated carbocycles. The Hall–Kier alpha value is -1.51. The Morgan fingerprint density at radius 1 is 0.941 bits per heavy atom. The maximum atomic E-state index is 11.8. The number of hydrogen-bond donors (Lipinski definition) is 0. The number of esters is 1. The predicted octanol–water partition coefficient (Wildman–Crippen LogP) is 4.21. The van der Waals surface area contributed by atoms with Crippen LogP contribution in [0.4, 0.5) is 0 Å². The Morgan fingerprint density at radius 3 is 2.24 bits per heavy atom. The summed E-state index contributed by atoms with van der Waals surface area (Å²) in [6, 6.07) is 13.2. The quantitative estimate of drug-likeness (QED) is 0.601. The monoisotopic (exact) mass is 266 g/mol. The summed E-state index contributed by atoms with van der Waals surface area (Å²) in [5, 5.41) is 1.01. The zero-order valence-electron chi connectivity index (χ0n) is 8.69. The summed E-state index contributed by atoms with van der Waals surface area (Å²) in [6.07, 6.45) is 0. The first-order chi connectivity index (χ1) is 8.15. The van der Waals surface area contributed by atoms with Crippen LogP contribution in [-0.2, 0) is 0 Å². The summed E-state index contributed by atoms with van der Waals surface area (Å²) < 4.78 is 5.15. The van der Waals surface area contributed by atoms with E-state index in [1.54, 1.807) is 48.5 Å². The van der Waals surface area contributed by atoms with E-state index in [2.05, 4.69) is 0 Å². The largest absolute Gasteiger partial charge is 0.423 e. The molecule has 0 aliphatic rings. The zero-order valence-corrected chi connectivity index (χ0v) is 10.2. The van der Waals surface area contributed by atoms with Gasteiger partial charge in [-0.15, -0.1) is 0 Å². The summed E-state index contributed by atoms with van der Waals surface area (Å²) >= 11 is 11.6. The van der Waals surface area contributed by atoms with Crippen LogP contribution in [-0.4, -0.2) is 5.97 Å². The van der Waals surface area contributed by atoms with Crippen molar-refractivity contribution in [1.82, 2.24) is 0 Å². The SMILES string of the molecule is O=C(Oc1cccc(Cl)c1)c1cccc(Cl)c1. The zero-order chi connectivity index (χ0) is 12.3. The van der Waals surface area contributed by atoms with Crippen LogP contribution in [0.15, 0.2) is 48.5 Å². The van der Waals surface area contributed by atoms with Gasteiger partial charge in [-0.25, -0.2) is 4.79 Å². The molecule has 0 amide bonds. The van der Waals surface area contributed by atoms with Gasteiger partial charge in [0.1, 0.15) is 5.75 Å². The summed E-state index contributed by atoms with van der Waals surface area (Å²) in [5.41, 5.74) is 0.400. The molecule has 0 saturated heterocycles. The molecule has 0 aliphatic heterocycles. The lowest BCUT2D eigenvalue weighted by molar-refractivity contribution is 0.0735. The molecule has 86 valence electrons. The average molecular weight is 267 g/mol. The van der Waals surface area contributed by atoms with Crippen LogP contribution < -0.4 is 4.74 Å². The van der Waals surface area contributed by atoms with Crippen molar-refractivity contribution < 1.29 is 9.53 Å². The van der Waals surface area contributed by atoms with E-state index < -0.39 is 5.97 Å². The second-order valence-corrected chi connectivity index (χ2v) is 4.23. The highest BCUT2D eigenvalue weighted by Gasteiger charge is 2.08. The van der Waals surface area contributed by atoms with Crippen molar-refractivity contribution in [3.05, 3.63) is 64.1 Å². The van der Waals surface area contributed by atoms with E-state index in [-0.39, 0.29) is 0 Å². The third kappa shape index (κ3) is 3.22. The number of carbonyl (C=O) groups is 1. The third-order valence-electron chi connectivity index (χ3n) is 2.07. The number of carbonyl (C=O) groups excluding carboxylic acids is 1. The van der Waals surface area contributed by atoms with E-state index in [4.69, 9.17) is 27.9 Å². The number of ether oxygens (including phenoxy) is 1. The summed E-state index contributed by atoms with van der Waals surface area (Å²) in [7, 11) is 0. The van der Waals surface area contributed by atoms with Crippen molar-refractivity contribution in [2.24, 2.45) is 0 Å². The van der Waals surface area contributed by atoms with Gasteiger partial charge in [-0.05, 0) is 36.4 Å². The fraction of sp³-hybridized carbons (Fsp3) is 0. The van der Waals surface area contributed by atoms with Gasteiger partial charge in [0.2, 0.25) is 0 Å². The number of halogens is 2. The minimum Gasteiger partial charge on any atom is -0.423 e. The van der Waals surface area contributed by atoms with Crippen molar-refractivity contribution in [2.45, 2.75) is 0 Å². The van der Waals surface area contributed by atoms with Crippen molar-refractivity contribution in [2.75, 3.05) is 0 Å². The topological polar surface area (TPSA) is 26.3 Å². The van der Waals surface area contributed by atoms with E-state index in [1.165, 1.54) is 0 Å². The van der Waals surface area contributed by atoms with Crippen LogP contribution in [0, 0.1) is 0 Å². The van der Waals surface area contributed by atoms with Crippen molar-refractivity contribution in [3.8, 4) is 5.75 Å². The molecule has 0 aromatic heterocycles. The van der Waals surface area contributed by atoms with Gasteiger partial charge in [-0.2, -0.15) is 0 Å². The van der Waals surface area contributed by atoms with Gasteiger partial charge in [0.25, 0.3) is 0 Å². The Bertz CT molecular complexity index is 553. The van der Waals surface area contributed by atoms with Gasteiger partial charge in [-0.1, -0.05) is 35.3 Å². The minimum atomic E-state index is -0.463. The first-order valence-corrected chi connectivity index (χ1v) is 5.64. The highest BCUT2D eigenvalue weighted by Crippen LogP contribution is 2.19. The lowest BCUT2D eigenvalue weighted by Crippen LogP contribution is -2.08.